The molecule has 0 aromatic rings. The molecule has 0 fully saturated rings. The molecule has 0 aliphatic carbocycles. The first-order chi connectivity index (χ1) is 5.77. The summed E-state index contributed by atoms with van der Waals surface area (Å²) in [6, 6.07) is 0.197. The monoisotopic (exact) mass is 166 g/mol. The second-order valence-electron chi connectivity index (χ2n) is 3.35. The fourth-order valence-corrected chi connectivity index (χ4v) is 1.62. The maximum atomic E-state index is 7.74. The summed E-state index contributed by atoms with van der Waals surface area (Å²) >= 11 is 0. The van der Waals surface area contributed by atoms with E-state index < -0.39 is 0 Å². The minimum Gasteiger partial charge on any atom is -0.307 e. The molecule has 1 heterocycles. The first-order valence-corrected chi connectivity index (χ1v) is 4.90. The lowest BCUT2D eigenvalue weighted by Crippen LogP contribution is -2.15. The van der Waals surface area contributed by atoms with Crippen molar-refractivity contribution in [1.29, 1.82) is 5.41 Å². The summed E-state index contributed by atoms with van der Waals surface area (Å²) in [6.07, 6.45) is 5.23. The lowest BCUT2D eigenvalue weighted by molar-refractivity contribution is 0.799. The van der Waals surface area contributed by atoms with Gasteiger partial charge in [-0.25, -0.2) is 0 Å². The number of aliphatic imine (C=N–C) groups is 1. The average Bonchev–Trinajstić information content (AvgIpc) is 2.27. The predicted molar refractivity (Wildman–Crippen MR) is 53.4 cm³/mol. The standard InChI is InChI=1S/C10H18N2/c1-3-8-6-5-7-9(11)10(4-2)12-8/h10-11H,3-7H2,1-2H3. The van der Waals surface area contributed by atoms with E-state index in [1.54, 1.807) is 0 Å². The molecule has 12 heavy (non-hydrogen) atoms. The van der Waals surface area contributed by atoms with Crippen molar-refractivity contribution in [3.63, 3.8) is 0 Å². The summed E-state index contributed by atoms with van der Waals surface area (Å²) < 4.78 is 0. The van der Waals surface area contributed by atoms with E-state index in [2.05, 4.69) is 18.8 Å². The third-order valence-corrected chi connectivity index (χ3v) is 2.45. The van der Waals surface area contributed by atoms with Gasteiger partial charge in [0.2, 0.25) is 0 Å². The summed E-state index contributed by atoms with van der Waals surface area (Å²) in [5, 5.41) is 7.74. The van der Waals surface area contributed by atoms with Crippen LogP contribution in [0.25, 0.3) is 0 Å². The van der Waals surface area contributed by atoms with Gasteiger partial charge in [-0.3, -0.25) is 4.99 Å². The van der Waals surface area contributed by atoms with Crippen molar-refractivity contribution in [1.82, 2.24) is 0 Å². The molecule has 1 aliphatic heterocycles. The van der Waals surface area contributed by atoms with Crippen LogP contribution in [0, 0.1) is 5.41 Å². The first-order valence-electron chi connectivity index (χ1n) is 4.90. The zero-order valence-corrected chi connectivity index (χ0v) is 8.06. The Morgan fingerprint density at radius 1 is 1.42 bits per heavy atom. The molecule has 1 rings (SSSR count). The van der Waals surface area contributed by atoms with Crippen LogP contribution in [0.15, 0.2) is 4.99 Å². The lowest BCUT2D eigenvalue weighted by Gasteiger charge is -2.08. The Kier molecular flexibility index (Phi) is 3.45. The third-order valence-electron chi connectivity index (χ3n) is 2.45. The third kappa shape index (κ3) is 2.16. The van der Waals surface area contributed by atoms with Crippen molar-refractivity contribution in [3.05, 3.63) is 0 Å². The molecular weight excluding hydrogens is 148 g/mol. The van der Waals surface area contributed by atoms with Gasteiger partial charge in [0.15, 0.2) is 0 Å². The van der Waals surface area contributed by atoms with Gasteiger partial charge in [0.1, 0.15) is 0 Å². The van der Waals surface area contributed by atoms with Crippen LogP contribution in [0.1, 0.15) is 46.0 Å². The van der Waals surface area contributed by atoms with Gasteiger partial charge in [-0.1, -0.05) is 13.8 Å². The van der Waals surface area contributed by atoms with Crippen molar-refractivity contribution < 1.29 is 0 Å². The Morgan fingerprint density at radius 3 is 2.75 bits per heavy atom. The largest absolute Gasteiger partial charge is 0.307 e. The molecule has 0 radical (unpaired) electrons. The maximum absolute atomic E-state index is 7.74. The highest BCUT2D eigenvalue weighted by molar-refractivity contribution is 5.93. The number of rotatable bonds is 2. The highest BCUT2D eigenvalue weighted by atomic mass is 14.8. The summed E-state index contributed by atoms with van der Waals surface area (Å²) in [4.78, 5) is 4.59. The number of nitrogens with one attached hydrogen (secondary N) is 1. The molecule has 2 nitrogen and oxygen atoms in total. The summed E-state index contributed by atoms with van der Waals surface area (Å²) in [6.45, 7) is 4.27. The second-order valence-corrected chi connectivity index (χ2v) is 3.35. The number of hydrogen-bond donors (Lipinski definition) is 1. The highest BCUT2D eigenvalue weighted by Crippen LogP contribution is 2.14. The average molecular weight is 166 g/mol. The van der Waals surface area contributed by atoms with Gasteiger partial charge < -0.3 is 5.41 Å². The van der Waals surface area contributed by atoms with Crippen molar-refractivity contribution >= 4 is 11.4 Å². The van der Waals surface area contributed by atoms with E-state index in [0.29, 0.717) is 0 Å². The van der Waals surface area contributed by atoms with E-state index in [4.69, 9.17) is 5.41 Å². The van der Waals surface area contributed by atoms with Crippen LogP contribution >= 0.6 is 0 Å². The van der Waals surface area contributed by atoms with E-state index in [9.17, 15) is 0 Å². The first kappa shape index (κ1) is 9.43. The Labute approximate surface area is 74.6 Å². The minimum atomic E-state index is 0.197. The van der Waals surface area contributed by atoms with Crippen LogP contribution in [0.5, 0.6) is 0 Å². The van der Waals surface area contributed by atoms with Crippen LogP contribution in [-0.4, -0.2) is 17.5 Å². The Morgan fingerprint density at radius 2 is 2.17 bits per heavy atom. The highest BCUT2D eigenvalue weighted by Gasteiger charge is 2.15. The Hall–Kier alpha value is -0.660. The molecule has 0 saturated carbocycles. The van der Waals surface area contributed by atoms with Crippen molar-refractivity contribution in [2.45, 2.75) is 52.0 Å². The molecular formula is C10H18N2. The molecule has 0 aromatic carbocycles. The molecule has 0 spiro atoms. The topological polar surface area (TPSA) is 36.2 Å². The second kappa shape index (κ2) is 4.39. The number of hydrogen-bond acceptors (Lipinski definition) is 2. The van der Waals surface area contributed by atoms with Crippen LogP contribution in [0.3, 0.4) is 0 Å². The van der Waals surface area contributed by atoms with Crippen LogP contribution in [-0.2, 0) is 0 Å². The SMILES string of the molecule is CCC1=NC(CC)C(=N)CCC1. The number of nitrogens with zero attached hydrogens (tertiary/aromatic N) is 1. The van der Waals surface area contributed by atoms with Crippen LogP contribution < -0.4 is 0 Å². The van der Waals surface area contributed by atoms with E-state index >= 15 is 0 Å². The zero-order chi connectivity index (χ0) is 8.97. The van der Waals surface area contributed by atoms with E-state index in [-0.39, 0.29) is 6.04 Å². The van der Waals surface area contributed by atoms with E-state index in [1.165, 1.54) is 5.71 Å². The summed E-state index contributed by atoms with van der Waals surface area (Å²) in [5.74, 6) is 0. The molecule has 0 bridgehead atoms. The zero-order valence-electron chi connectivity index (χ0n) is 8.06. The van der Waals surface area contributed by atoms with E-state index in [1.807, 2.05) is 0 Å². The molecule has 1 atom stereocenters. The molecule has 68 valence electrons. The molecule has 0 amide bonds. The van der Waals surface area contributed by atoms with Crippen LogP contribution in [0.2, 0.25) is 0 Å². The fourth-order valence-electron chi connectivity index (χ4n) is 1.62. The van der Waals surface area contributed by atoms with Crippen molar-refractivity contribution in [2.75, 3.05) is 0 Å². The smallest absolute Gasteiger partial charge is 0.0870 e. The van der Waals surface area contributed by atoms with Gasteiger partial charge in [-0.2, -0.15) is 0 Å². The normalized spacial score (nSPS) is 25.0. The van der Waals surface area contributed by atoms with Gasteiger partial charge in [-0.05, 0) is 32.1 Å². The Bertz CT molecular complexity index is 194. The molecule has 1 N–H and O–H groups in total. The van der Waals surface area contributed by atoms with Gasteiger partial charge in [0.05, 0.1) is 6.04 Å². The van der Waals surface area contributed by atoms with E-state index in [0.717, 1.165) is 37.8 Å². The predicted octanol–water partition coefficient (Wildman–Crippen LogP) is 2.82. The molecule has 2 heteroatoms. The summed E-state index contributed by atoms with van der Waals surface area (Å²) in [7, 11) is 0. The maximum Gasteiger partial charge on any atom is 0.0870 e. The van der Waals surface area contributed by atoms with Gasteiger partial charge in [-0.15, -0.1) is 0 Å². The molecule has 0 saturated heterocycles. The van der Waals surface area contributed by atoms with Crippen molar-refractivity contribution in [3.8, 4) is 0 Å². The quantitative estimate of drug-likeness (QED) is 0.655. The minimum absolute atomic E-state index is 0.197. The van der Waals surface area contributed by atoms with Gasteiger partial charge in [0, 0.05) is 11.4 Å². The molecule has 0 aromatic heterocycles. The Balaban J connectivity index is 2.71. The van der Waals surface area contributed by atoms with Gasteiger partial charge >= 0.3 is 0 Å². The molecule has 1 unspecified atom stereocenters. The van der Waals surface area contributed by atoms with Gasteiger partial charge in [0.25, 0.3) is 0 Å². The molecule has 1 aliphatic rings. The summed E-state index contributed by atoms with van der Waals surface area (Å²) in [5.41, 5.74) is 2.14. The lowest BCUT2D eigenvalue weighted by atomic mass is 10.1. The van der Waals surface area contributed by atoms with Crippen molar-refractivity contribution in [2.24, 2.45) is 4.99 Å². The van der Waals surface area contributed by atoms with Crippen LogP contribution in [0.4, 0.5) is 0 Å². The fraction of sp³-hybridized carbons (Fsp3) is 0.800.